The number of hydrogen-bond donors (Lipinski definition) is 2. The number of anilines is 1. The number of amides is 2. The molecule has 0 bridgehead atoms. The van der Waals surface area contributed by atoms with E-state index in [0.717, 1.165) is 6.26 Å². The highest BCUT2D eigenvalue weighted by molar-refractivity contribution is 7.90. The van der Waals surface area contributed by atoms with Gasteiger partial charge in [-0.05, 0) is 42.8 Å². The van der Waals surface area contributed by atoms with Gasteiger partial charge in [0.05, 0.1) is 23.4 Å². The minimum Gasteiger partial charge on any atom is -0.490 e. The number of methoxy groups -OCH3 is 1. The number of fused-ring (bicyclic) bond motifs is 1. The van der Waals surface area contributed by atoms with Crippen LogP contribution in [0.15, 0.2) is 48.7 Å². The number of nitrogens with zero attached hydrogens (tertiary/aromatic N) is 2. The quantitative estimate of drug-likeness (QED) is 0.383. The molecule has 0 aliphatic heterocycles. The highest BCUT2D eigenvalue weighted by atomic mass is 32.2. The standard InChI is InChI=1S/C24H26N4O6S/c1-32-11-12-33-23-15-21-20(14-17(23)16-25)22(8-10-26-21)34-19-6-4-18(5-7-19)28-24(29)27-9-3-13-35(2,30)31/h4-8,10,14-15H,3,9,11-13H2,1-2H3,(H2,27,28,29). The molecule has 3 rings (SSSR count). The van der Waals surface area contributed by atoms with Gasteiger partial charge in [0.1, 0.15) is 39.8 Å². The molecule has 35 heavy (non-hydrogen) atoms. The summed E-state index contributed by atoms with van der Waals surface area (Å²) in [5.41, 5.74) is 1.51. The summed E-state index contributed by atoms with van der Waals surface area (Å²) in [7, 11) is -1.48. The van der Waals surface area contributed by atoms with Gasteiger partial charge in [0, 0.05) is 43.2 Å². The first kappa shape index (κ1) is 25.7. The molecule has 2 N–H and O–H groups in total. The number of nitrogens with one attached hydrogen (secondary N) is 2. The minimum atomic E-state index is -3.05. The molecule has 0 spiro atoms. The summed E-state index contributed by atoms with van der Waals surface area (Å²) in [5, 5.41) is 15.5. The average molecular weight is 499 g/mol. The van der Waals surface area contributed by atoms with Crippen LogP contribution in [-0.2, 0) is 14.6 Å². The molecule has 1 heterocycles. The molecule has 0 unspecified atom stereocenters. The van der Waals surface area contributed by atoms with Crippen LogP contribution in [0, 0.1) is 11.3 Å². The van der Waals surface area contributed by atoms with Gasteiger partial charge in [-0.3, -0.25) is 4.98 Å². The Labute approximate surface area is 203 Å². The summed E-state index contributed by atoms with van der Waals surface area (Å²) >= 11 is 0. The zero-order valence-corrected chi connectivity index (χ0v) is 20.2. The van der Waals surface area contributed by atoms with Crippen molar-refractivity contribution in [2.45, 2.75) is 6.42 Å². The predicted octanol–water partition coefficient (Wildman–Crippen LogP) is 3.48. The number of benzene rings is 2. The molecule has 0 aliphatic carbocycles. The Balaban J connectivity index is 1.65. The summed E-state index contributed by atoms with van der Waals surface area (Å²) in [6, 6.07) is 13.5. The fourth-order valence-corrected chi connectivity index (χ4v) is 3.79. The van der Waals surface area contributed by atoms with E-state index in [2.05, 4.69) is 21.7 Å². The Kier molecular flexibility index (Phi) is 8.83. The van der Waals surface area contributed by atoms with Crippen molar-refractivity contribution in [1.82, 2.24) is 10.3 Å². The smallest absolute Gasteiger partial charge is 0.319 e. The van der Waals surface area contributed by atoms with E-state index in [0.29, 0.717) is 59.0 Å². The first-order valence-corrected chi connectivity index (χ1v) is 12.8. The van der Waals surface area contributed by atoms with Gasteiger partial charge in [0.2, 0.25) is 0 Å². The monoisotopic (exact) mass is 498 g/mol. The second-order valence-corrected chi connectivity index (χ2v) is 9.88. The van der Waals surface area contributed by atoms with E-state index in [1.165, 1.54) is 0 Å². The van der Waals surface area contributed by atoms with Crippen LogP contribution in [0.2, 0.25) is 0 Å². The molecule has 0 atom stereocenters. The molecule has 3 aromatic rings. The van der Waals surface area contributed by atoms with Gasteiger partial charge in [-0.2, -0.15) is 5.26 Å². The lowest BCUT2D eigenvalue weighted by atomic mass is 10.1. The zero-order valence-electron chi connectivity index (χ0n) is 19.4. The zero-order chi connectivity index (χ0) is 25.3. The largest absolute Gasteiger partial charge is 0.490 e. The van der Waals surface area contributed by atoms with Crippen molar-refractivity contribution in [3.63, 3.8) is 0 Å². The van der Waals surface area contributed by atoms with Crippen molar-refractivity contribution in [2.75, 3.05) is 44.2 Å². The summed E-state index contributed by atoms with van der Waals surface area (Å²) < 4.78 is 38.9. The summed E-state index contributed by atoms with van der Waals surface area (Å²) in [5.74, 6) is 1.47. The van der Waals surface area contributed by atoms with Gasteiger partial charge in [-0.15, -0.1) is 0 Å². The van der Waals surface area contributed by atoms with Crippen molar-refractivity contribution in [2.24, 2.45) is 0 Å². The number of carbonyl (C=O) groups is 1. The number of rotatable bonds is 11. The number of hydrogen-bond acceptors (Lipinski definition) is 8. The molecule has 1 aromatic heterocycles. The highest BCUT2D eigenvalue weighted by Gasteiger charge is 2.12. The van der Waals surface area contributed by atoms with Crippen LogP contribution >= 0.6 is 0 Å². The number of sulfone groups is 1. The Morgan fingerprint density at radius 2 is 1.89 bits per heavy atom. The number of ether oxygens (including phenoxy) is 3. The number of pyridine rings is 1. The number of urea groups is 1. The Hall–Kier alpha value is -3.88. The second kappa shape index (κ2) is 12.0. The maximum atomic E-state index is 12.0. The molecule has 0 aliphatic rings. The van der Waals surface area contributed by atoms with Crippen molar-refractivity contribution >= 4 is 32.5 Å². The molecule has 10 nitrogen and oxygen atoms in total. The summed E-state index contributed by atoms with van der Waals surface area (Å²) in [4.78, 5) is 16.3. The van der Waals surface area contributed by atoms with Crippen molar-refractivity contribution in [3.8, 4) is 23.3 Å². The molecule has 184 valence electrons. The van der Waals surface area contributed by atoms with Crippen LogP contribution in [0.25, 0.3) is 10.9 Å². The van der Waals surface area contributed by atoms with Crippen LogP contribution in [0.5, 0.6) is 17.2 Å². The Morgan fingerprint density at radius 1 is 1.11 bits per heavy atom. The van der Waals surface area contributed by atoms with Crippen molar-refractivity contribution in [1.29, 1.82) is 5.26 Å². The fraction of sp³-hybridized carbons (Fsp3) is 0.292. The third-order valence-corrected chi connectivity index (χ3v) is 5.82. The van der Waals surface area contributed by atoms with Gasteiger partial charge >= 0.3 is 6.03 Å². The molecular formula is C24H26N4O6S. The van der Waals surface area contributed by atoms with E-state index in [1.807, 2.05) is 0 Å². The van der Waals surface area contributed by atoms with Gasteiger partial charge in [0.15, 0.2) is 0 Å². The highest BCUT2D eigenvalue weighted by Crippen LogP contribution is 2.33. The van der Waals surface area contributed by atoms with E-state index in [1.54, 1.807) is 55.8 Å². The predicted molar refractivity (Wildman–Crippen MR) is 132 cm³/mol. The SMILES string of the molecule is COCCOc1cc2nccc(Oc3ccc(NC(=O)NCCCS(C)(=O)=O)cc3)c2cc1C#N. The van der Waals surface area contributed by atoms with Crippen LogP contribution in [0.1, 0.15) is 12.0 Å². The number of aromatic nitrogens is 1. The lowest BCUT2D eigenvalue weighted by Gasteiger charge is -2.12. The van der Waals surface area contributed by atoms with Crippen molar-refractivity contribution < 1.29 is 27.4 Å². The lowest BCUT2D eigenvalue weighted by Crippen LogP contribution is -2.30. The van der Waals surface area contributed by atoms with E-state index in [9.17, 15) is 18.5 Å². The topological polar surface area (TPSA) is 140 Å². The molecule has 2 amide bonds. The van der Waals surface area contributed by atoms with Gasteiger partial charge in [-0.1, -0.05) is 0 Å². The van der Waals surface area contributed by atoms with Crippen molar-refractivity contribution in [3.05, 3.63) is 54.2 Å². The molecule has 0 saturated heterocycles. The number of carbonyl (C=O) groups excluding carboxylic acids is 1. The Morgan fingerprint density at radius 3 is 2.57 bits per heavy atom. The van der Waals surface area contributed by atoms with Crippen LogP contribution in [-0.4, -0.2) is 58.3 Å². The fourth-order valence-electron chi connectivity index (χ4n) is 3.12. The van der Waals surface area contributed by atoms with Crippen LogP contribution < -0.4 is 20.1 Å². The van der Waals surface area contributed by atoms with E-state index in [-0.39, 0.29) is 12.3 Å². The van der Waals surface area contributed by atoms with E-state index in [4.69, 9.17) is 14.2 Å². The normalized spacial score (nSPS) is 11.0. The number of nitriles is 1. The minimum absolute atomic E-state index is 0.0149. The van der Waals surface area contributed by atoms with Gasteiger partial charge in [-0.25, -0.2) is 13.2 Å². The lowest BCUT2D eigenvalue weighted by molar-refractivity contribution is 0.146. The Bertz CT molecular complexity index is 1320. The van der Waals surface area contributed by atoms with E-state index >= 15 is 0 Å². The maximum absolute atomic E-state index is 12.0. The van der Waals surface area contributed by atoms with Crippen LogP contribution in [0.4, 0.5) is 10.5 Å². The molecule has 0 radical (unpaired) electrons. The first-order valence-electron chi connectivity index (χ1n) is 10.7. The van der Waals surface area contributed by atoms with Crippen LogP contribution in [0.3, 0.4) is 0 Å². The van der Waals surface area contributed by atoms with E-state index < -0.39 is 15.9 Å². The summed E-state index contributed by atoms with van der Waals surface area (Å²) in [6.07, 6.45) is 3.10. The molecular weight excluding hydrogens is 472 g/mol. The molecule has 0 fully saturated rings. The molecule has 11 heteroatoms. The third-order valence-electron chi connectivity index (χ3n) is 4.79. The second-order valence-electron chi connectivity index (χ2n) is 7.62. The maximum Gasteiger partial charge on any atom is 0.319 e. The van der Waals surface area contributed by atoms with Gasteiger partial charge in [0.25, 0.3) is 0 Å². The average Bonchev–Trinajstić information content (AvgIpc) is 2.82. The molecule has 0 saturated carbocycles. The third kappa shape index (κ3) is 7.84. The summed E-state index contributed by atoms with van der Waals surface area (Å²) in [6.45, 7) is 0.958. The van der Waals surface area contributed by atoms with Gasteiger partial charge < -0.3 is 24.8 Å². The molecule has 2 aromatic carbocycles. The first-order chi connectivity index (χ1) is 16.8.